The van der Waals surface area contributed by atoms with Crippen LogP contribution in [0.2, 0.25) is 0 Å². The van der Waals surface area contributed by atoms with E-state index >= 15 is 0 Å². The van der Waals surface area contributed by atoms with Crippen LogP contribution in [0.3, 0.4) is 0 Å². The Hall–Kier alpha value is -1.68. The lowest BCUT2D eigenvalue weighted by atomic mass is 9.95. The lowest BCUT2D eigenvalue weighted by Gasteiger charge is -2.41. The van der Waals surface area contributed by atoms with E-state index in [9.17, 15) is 0 Å². The van der Waals surface area contributed by atoms with Crippen LogP contribution in [0.15, 0.2) is 30.3 Å². The van der Waals surface area contributed by atoms with Crippen LogP contribution in [-0.4, -0.2) is 26.2 Å². The quantitative estimate of drug-likeness (QED) is 0.837. The topological polar surface area (TPSA) is 34.0 Å². The summed E-state index contributed by atoms with van der Waals surface area (Å²) < 4.78 is 2.25. The van der Waals surface area contributed by atoms with Crippen molar-refractivity contribution < 1.29 is 0 Å². The first-order valence-electron chi connectivity index (χ1n) is 7.47. The molecular formula is C16H22N4. The fraction of sp³-hybridized carbons (Fsp3) is 0.500. The number of aromatic nitrogens is 3. The fourth-order valence-electron chi connectivity index (χ4n) is 2.92. The van der Waals surface area contributed by atoms with E-state index in [2.05, 4.69) is 56.9 Å². The van der Waals surface area contributed by atoms with Gasteiger partial charge in [-0.3, -0.25) is 4.90 Å². The molecule has 2 aromatic rings. The van der Waals surface area contributed by atoms with Crippen molar-refractivity contribution in [1.29, 1.82) is 0 Å². The normalized spacial score (nSPS) is 19.0. The van der Waals surface area contributed by atoms with Gasteiger partial charge in [-0.05, 0) is 25.3 Å². The van der Waals surface area contributed by atoms with Crippen molar-refractivity contribution >= 4 is 0 Å². The number of aryl methyl sites for hydroxylation is 1. The maximum Gasteiger partial charge on any atom is 0.147 e. The first-order chi connectivity index (χ1) is 9.79. The van der Waals surface area contributed by atoms with Crippen molar-refractivity contribution in [2.45, 2.75) is 45.8 Å². The molecule has 0 aliphatic carbocycles. The van der Waals surface area contributed by atoms with E-state index in [-0.39, 0.29) is 0 Å². The number of hydrogen-bond acceptors (Lipinski definition) is 3. The van der Waals surface area contributed by atoms with Crippen LogP contribution < -0.4 is 0 Å². The minimum absolute atomic E-state index is 0.545. The maximum absolute atomic E-state index is 4.36. The fourth-order valence-corrected chi connectivity index (χ4v) is 2.92. The molecule has 20 heavy (non-hydrogen) atoms. The third-order valence-corrected chi connectivity index (χ3v) is 4.12. The summed E-state index contributed by atoms with van der Waals surface area (Å²) in [4.78, 5) is 2.49. The Morgan fingerprint density at radius 2 is 2.00 bits per heavy atom. The molecule has 0 bridgehead atoms. The van der Waals surface area contributed by atoms with E-state index < -0.39 is 0 Å². The molecule has 1 aliphatic rings. The van der Waals surface area contributed by atoms with Gasteiger partial charge in [-0.1, -0.05) is 37.3 Å². The molecule has 1 aliphatic heterocycles. The van der Waals surface area contributed by atoms with Gasteiger partial charge in [-0.2, -0.15) is 0 Å². The van der Waals surface area contributed by atoms with Crippen LogP contribution in [-0.2, 0) is 13.1 Å². The van der Waals surface area contributed by atoms with Crippen LogP contribution >= 0.6 is 0 Å². The minimum Gasteiger partial charge on any atom is -0.314 e. The molecule has 0 spiro atoms. The molecule has 4 nitrogen and oxygen atoms in total. The van der Waals surface area contributed by atoms with E-state index in [0.29, 0.717) is 6.04 Å². The Balaban J connectivity index is 1.72. The minimum atomic E-state index is 0.545. The molecule has 3 rings (SSSR count). The van der Waals surface area contributed by atoms with E-state index in [1.807, 2.05) is 6.92 Å². The van der Waals surface area contributed by atoms with Crippen LogP contribution in [0, 0.1) is 6.92 Å². The Kier molecular flexibility index (Phi) is 3.83. The van der Waals surface area contributed by atoms with Crippen LogP contribution in [0.4, 0.5) is 0 Å². The van der Waals surface area contributed by atoms with E-state index in [1.54, 1.807) is 0 Å². The average molecular weight is 270 g/mol. The molecular weight excluding hydrogens is 248 g/mol. The van der Waals surface area contributed by atoms with Gasteiger partial charge in [0.05, 0.1) is 6.54 Å². The third kappa shape index (κ3) is 2.48. The van der Waals surface area contributed by atoms with Gasteiger partial charge in [0.15, 0.2) is 0 Å². The maximum atomic E-state index is 4.36. The van der Waals surface area contributed by atoms with Gasteiger partial charge in [-0.25, -0.2) is 0 Å². The van der Waals surface area contributed by atoms with Gasteiger partial charge in [-0.15, -0.1) is 10.2 Å². The number of nitrogens with zero attached hydrogens (tertiary/aromatic N) is 4. The molecule has 4 heteroatoms. The summed E-state index contributed by atoms with van der Waals surface area (Å²) in [5.74, 6) is 2.13. The molecule has 1 fully saturated rings. The molecule has 1 aromatic heterocycles. The van der Waals surface area contributed by atoms with Crippen molar-refractivity contribution in [3.8, 4) is 0 Å². The highest BCUT2D eigenvalue weighted by Crippen LogP contribution is 2.34. The van der Waals surface area contributed by atoms with E-state index in [1.165, 1.54) is 12.0 Å². The summed E-state index contributed by atoms with van der Waals surface area (Å²) in [6.45, 7) is 7.30. The van der Waals surface area contributed by atoms with Crippen molar-refractivity contribution in [1.82, 2.24) is 19.7 Å². The number of benzene rings is 1. The molecule has 1 saturated heterocycles. The number of likely N-dealkylation sites (tertiary alicyclic amines) is 1. The summed E-state index contributed by atoms with van der Waals surface area (Å²) in [6.07, 6.45) is 2.36. The monoisotopic (exact) mass is 270 g/mol. The molecule has 0 saturated carbocycles. The molecule has 0 amide bonds. The number of hydrogen-bond donors (Lipinski definition) is 0. The SMILES string of the molecule is CCCn1c(C)nnc1CN1CC[C@@H]1c1ccccc1. The Morgan fingerprint density at radius 1 is 1.20 bits per heavy atom. The van der Waals surface area contributed by atoms with Gasteiger partial charge in [0, 0.05) is 19.1 Å². The van der Waals surface area contributed by atoms with Crippen LogP contribution in [0.25, 0.3) is 0 Å². The smallest absolute Gasteiger partial charge is 0.147 e. The Morgan fingerprint density at radius 3 is 2.65 bits per heavy atom. The molecule has 0 radical (unpaired) electrons. The highest BCUT2D eigenvalue weighted by molar-refractivity contribution is 5.21. The average Bonchev–Trinajstić information content (AvgIpc) is 2.78. The van der Waals surface area contributed by atoms with Crippen LogP contribution in [0.1, 0.15) is 43.0 Å². The first-order valence-corrected chi connectivity index (χ1v) is 7.47. The summed E-state index contributed by atoms with van der Waals surface area (Å²) in [5, 5.41) is 8.59. The summed E-state index contributed by atoms with van der Waals surface area (Å²) in [7, 11) is 0. The summed E-state index contributed by atoms with van der Waals surface area (Å²) in [5.41, 5.74) is 1.41. The summed E-state index contributed by atoms with van der Waals surface area (Å²) in [6, 6.07) is 11.3. The van der Waals surface area contributed by atoms with Crippen molar-refractivity contribution in [2.24, 2.45) is 0 Å². The van der Waals surface area contributed by atoms with Gasteiger partial charge in [0.2, 0.25) is 0 Å². The zero-order valence-corrected chi connectivity index (χ0v) is 12.3. The van der Waals surface area contributed by atoms with Gasteiger partial charge < -0.3 is 4.57 Å². The van der Waals surface area contributed by atoms with Gasteiger partial charge >= 0.3 is 0 Å². The summed E-state index contributed by atoms with van der Waals surface area (Å²) >= 11 is 0. The van der Waals surface area contributed by atoms with Crippen molar-refractivity contribution in [3.63, 3.8) is 0 Å². The van der Waals surface area contributed by atoms with Crippen LogP contribution in [0.5, 0.6) is 0 Å². The predicted molar refractivity (Wildman–Crippen MR) is 79.3 cm³/mol. The van der Waals surface area contributed by atoms with Gasteiger partial charge in [0.1, 0.15) is 11.6 Å². The van der Waals surface area contributed by atoms with E-state index in [0.717, 1.165) is 37.7 Å². The number of rotatable bonds is 5. The Labute approximate surface area is 120 Å². The van der Waals surface area contributed by atoms with Gasteiger partial charge in [0.25, 0.3) is 0 Å². The highest BCUT2D eigenvalue weighted by Gasteiger charge is 2.30. The second kappa shape index (κ2) is 5.75. The van der Waals surface area contributed by atoms with Crippen molar-refractivity contribution in [2.75, 3.05) is 6.54 Å². The zero-order chi connectivity index (χ0) is 13.9. The molecule has 0 unspecified atom stereocenters. The second-order valence-electron chi connectivity index (χ2n) is 5.50. The standard InChI is InChI=1S/C16H22N4/c1-3-10-20-13(2)17-18-16(20)12-19-11-9-15(19)14-7-5-4-6-8-14/h4-8,15H,3,9-12H2,1-2H3/t15-/m1/s1. The lowest BCUT2D eigenvalue weighted by Crippen LogP contribution is -2.40. The highest BCUT2D eigenvalue weighted by atomic mass is 15.3. The Bertz CT molecular complexity index is 561. The zero-order valence-electron chi connectivity index (χ0n) is 12.3. The largest absolute Gasteiger partial charge is 0.314 e. The molecule has 106 valence electrons. The lowest BCUT2D eigenvalue weighted by molar-refractivity contribution is 0.0772. The molecule has 1 atom stereocenters. The van der Waals surface area contributed by atoms with Crippen molar-refractivity contribution in [3.05, 3.63) is 47.5 Å². The molecule has 2 heterocycles. The predicted octanol–water partition coefficient (Wildman–Crippen LogP) is 2.94. The molecule has 1 aromatic carbocycles. The van der Waals surface area contributed by atoms with E-state index in [4.69, 9.17) is 0 Å². The first kappa shape index (κ1) is 13.3. The molecule has 0 N–H and O–H groups in total. The second-order valence-corrected chi connectivity index (χ2v) is 5.50. The third-order valence-electron chi connectivity index (χ3n) is 4.12.